The Kier molecular flexibility index (Phi) is 5.32. The van der Waals surface area contributed by atoms with Crippen molar-refractivity contribution >= 4 is 15.9 Å². The summed E-state index contributed by atoms with van der Waals surface area (Å²) in [6.07, 6.45) is 0. The minimum atomic E-state index is 0.0565. The van der Waals surface area contributed by atoms with E-state index in [4.69, 9.17) is 14.2 Å². The van der Waals surface area contributed by atoms with Gasteiger partial charge in [-0.05, 0) is 24.6 Å². The zero-order valence-electron chi connectivity index (χ0n) is 11.7. The average molecular weight is 317 g/mol. The van der Waals surface area contributed by atoms with Crippen LogP contribution < -0.4 is 14.2 Å². The third-order valence-corrected chi connectivity index (χ3v) is 4.09. The van der Waals surface area contributed by atoms with Crippen LogP contribution in [0.2, 0.25) is 0 Å². The number of hydrogen-bond donors (Lipinski definition) is 0. The number of alkyl halides is 1. The van der Waals surface area contributed by atoms with Gasteiger partial charge in [-0.3, -0.25) is 0 Å². The Bertz CT molecular complexity index is 377. The third-order valence-electron chi connectivity index (χ3n) is 2.57. The molecule has 1 rings (SSSR count). The molecule has 0 heterocycles. The molecule has 0 saturated heterocycles. The second kappa shape index (κ2) is 6.32. The fourth-order valence-corrected chi connectivity index (χ4v) is 1.62. The van der Waals surface area contributed by atoms with E-state index in [1.807, 2.05) is 19.1 Å². The monoisotopic (exact) mass is 316 g/mol. The molecule has 1 aromatic rings. The van der Waals surface area contributed by atoms with E-state index in [0.717, 1.165) is 10.9 Å². The summed E-state index contributed by atoms with van der Waals surface area (Å²) in [7, 11) is 3.27. The molecule has 0 unspecified atom stereocenters. The minimum absolute atomic E-state index is 0.0565. The highest BCUT2D eigenvalue weighted by Crippen LogP contribution is 2.39. The summed E-state index contributed by atoms with van der Waals surface area (Å²) in [4.78, 5) is 0. The Balaban J connectivity index is 2.99. The van der Waals surface area contributed by atoms with Crippen LogP contribution in [0.25, 0.3) is 0 Å². The van der Waals surface area contributed by atoms with E-state index < -0.39 is 0 Å². The Labute approximate surface area is 118 Å². The Hall–Kier alpha value is -0.900. The molecule has 1 aromatic carbocycles. The van der Waals surface area contributed by atoms with Crippen molar-refractivity contribution in [2.75, 3.05) is 26.2 Å². The number of benzene rings is 1. The number of halogens is 1. The highest BCUT2D eigenvalue weighted by atomic mass is 79.9. The van der Waals surface area contributed by atoms with E-state index >= 15 is 0 Å². The lowest BCUT2D eigenvalue weighted by Crippen LogP contribution is -2.23. The molecule has 0 atom stereocenters. The zero-order valence-corrected chi connectivity index (χ0v) is 13.3. The molecular formula is C14H21BrO3. The van der Waals surface area contributed by atoms with Crippen LogP contribution in [0, 0.1) is 12.3 Å². The lowest BCUT2D eigenvalue weighted by molar-refractivity contribution is 0.189. The van der Waals surface area contributed by atoms with Crippen molar-refractivity contribution in [1.82, 2.24) is 0 Å². The molecule has 0 aliphatic heterocycles. The Morgan fingerprint density at radius 2 is 1.61 bits per heavy atom. The molecule has 0 amide bonds. The molecular weight excluding hydrogens is 296 g/mol. The molecule has 0 N–H and O–H groups in total. The maximum atomic E-state index is 5.88. The second-order valence-electron chi connectivity index (χ2n) is 5.09. The predicted octanol–water partition coefficient (Wildman–Crippen LogP) is 3.81. The molecule has 3 nitrogen and oxygen atoms in total. The lowest BCUT2D eigenvalue weighted by Gasteiger charge is -2.23. The van der Waals surface area contributed by atoms with Gasteiger partial charge in [-0.2, -0.15) is 0 Å². The number of aryl methyl sites for hydroxylation is 1. The third kappa shape index (κ3) is 3.80. The number of methoxy groups -OCH3 is 2. The molecule has 0 radical (unpaired) electrons. The first-order valence-electron chi connectivity index (χ1n) is 5.85. The molecule has 4 heteroatoms. The van der Waals surface area contributed by atoms with Gasteiger partial charge in [0.1, 0.15) is 0 Å². The first-order chi connectivity index (χ1) is 8.43. The molecule has 18 heavy (non-hydrogen) atoms. The lowest BCUT2D eigenvalue weighted by atomic mass is 9.98. The smallest absolute Gasteiger partial charge is 0.203 e. The predicted molar refractivity (Wildman–Crippen MR) is 77.4 cm³/mol. The summed E-state index contributed by atoms with van der Waals surface area (Å²) >= 11 is 3.48. The van der Waals surface area contributed by atoms with E-state index in [1.165, 1.54) is 0 Å². The van der Waals surface area contributed by atoms with Gasteiger partial charge in [0, 0.05) is 10.7 Å². The zero-order chi connectivity index (χ0) is 13.8. The summed E-state index contributed by atoms with van der Waals surface area (Å²) in [6, 6.07) is 3.89. The summed E-state index contributed by atoms with van der Waals surface area (Å²) in [5.74, 6) is 2.08. The normalized spacial score (nSPS) is 11.2. The first kappa shape index (κ1) is 15.2. The van der Waals surface area contributed by atoms with Crippen LogP contribution in [0.1, 0.15) is 19.4 Å². The second-order valence-corrected chi connectivity index (χ2v) is 5.65. The maximum Gasteiger partial charge on any atom is 0.203 e. The topological polar surface area (TPSA) is 27.7 Å². The quantitative estimate of drug-likeness (QED) is 0.747. The molecule has 0 fully saturated rings. The summed E-state index contributed by atoms with van der Waals surface area (Å²) < 4.78 is 16.6. The summed E-state index contributed by atoms with van der Waals surface area (Å²) in [5, 5.41) is 0.872. The molecule has 0 saturated carbocycles. The van der Waals surface area contributed by atoms with Crippen LogP contribution in [0.15, 0.2) is 12.1 Å². The molecule has 0 aliphatic rings. The van der Waals surface area contributed by atoms with E-state index in [0.29, 0.717) is 23.9 Å². The van der Waals surface area contributed by atoms with Gasteiger partial charge >= 0.3 is 0 Å². The van der Waals surface area contributed by atoms with Crippen LogP contribution in [0.4, 0.5) is 0 Å². The van der Waals surface area contributed by atoms with Gasteiger partial charge in [0.25, 0.3) is 0 Å². The number of rotatable bonds is 6. The molecule has 0 aromatic heterocycles. The summed E-state index contributed by atoms with van der Waals surface area (Å²) in [5.41, 5.74) is 1.14. The van der Waals surface area contributed by atoms with Crippen molar-refractivity contribution in [3.63, 3.8) is 0 Å². The van der Waals surface area contributed by atoms with Crippen LogP contribution >= 0.6 is 15.9 Å². The Morgan fingerprint density at radius 1 is 1.11 bits per heavy atom. The number of ether oxygens (including phenoxy) is 3. The van der Waals surface area contributed by atoms with Crippen molar-refractivity contribution in [1.29, 1.82) is 0 Å². The van der Waals surface area contributed by atoms with Gasteiger partial charge in [0.2, 0.25) is 5.75 Å². The van der Waals surface area contributed by atoms with Crippen molar-refractivity contribution in [3.05, 3.63) is 17.7 Å². The molecule has 0 aliphatic carbocycles. The van der Waals surface area contributed by atoms with E-state index in [-0.39, 0.29) is 5.41 Å². The van der Waals surface area contributed by atoms with Crippen LogP contribution in [-0.4, -0.2) is 26.2 Å². The minimum Gasteiger partial charge on any atom is -0.493 e. The summed E-state index contributed by atoms with van der Waals surface area (Å²) in [6.45, 7) is 6.86. The van der Waals surface area contributed by atoms with E-state index in [2.05, 4.69) is 29.8 Å². The van der Waals surface area contributed by atoms with Crippen molar-refractivity contribution in [3.8, 4) is 17.2 Å². The fraction of sp³-hybridized carbons (Fsp3) is 0.571. The van der Waals surface area contributed by atoms with Gasteiger partial charge in [-0.15, -0.1) is 0 Å². The molecule has 102 valence electrons. The fourth-order valence-electron chi connectivity index (χ4n) is 1.46. The highest BCUT2D eigenvalue weighted by Gasteiger charge is 2.20. The van der Waals surface area contributed by atoms with Crippen molar-refractivity contribution < 1.29 is 14.2 Å². The van der Waals surface area contributed by atoms with E-state index in [1.54, 1.807) is 14.2 Å². The number of hydrogen-bond acceptors (Lipinski definition) is 3. The van der Waals surface area contributed by atoms with Crippen molar-refractivity contribution in [2.45, 2.75) is 20.8 Å². The molecule has 0 bridgehead atoms. The van der Waals surface area contributed by atoms with E-state index in [9.17, 15) is 0 Å². The van der Waals surface area contributed by atoms with Gasteiger partial charge < -0.3 is 14.2 Å². The largest absolute Gasteiger partial charge is 0.493 e. The first-order valence-corrected chi connectivity index (χ1v) is 6.97. The maximum absolute atomic E-state index is 5.88. The van der Waals surface area contributed by atoms with Gasteiger partial charge in [-0.25, -0.2) is 0 Å². The average Bonchev–Trinajstić information content (AvgIpc) is 2.36. The highest BCUT2D eigenvalue weighted by molar-refractivity contribution is 9.09. The Morgan fingerprint density at radius 3 is 2.00 bits per heavy atom. The molecule has 0 spiro atoms. The SMILES string of the molecule is COc1cc(C)cc(OC)c1OCC(C)(C)CBr. The van der Waals surface area contributed by atoms with Gasteiger partial charge in [0.05, 0.1) is 20.8 Å². The van der Waals surface area contributed by atoms with Crippen molar-refractivity contribution in [2.24, 2.45) is 5.41 Å². The standard InChI is InChI=1S/C14H21BrO3/c1-10-6-11(16-4)13(12(7-10)17-5)18-9-14(2,3)8-15/h6-7H,8-9H2,1-5H3. The van der Waals surface area contributed by atoms with Gasteiger partial charge in [0.15, 0.2) is 11.5 Å². The van der Waals surface area contributed by atoms with Crippen LogP contribution in [0.3, 0.4) is 0 Å². The van der Waals surface area contributed by atoms with Gasteiger partial charge in [-0.1, -0.05) is 29.8 Å². The van der Waals surface area contributed by atoms with Crippen LogP contribution in [0.5, 0.6) is 17.2 Å². The van der Waals surface area contributed by atoms with Crippen LogP contribution in [-0.2, 0) is 0 Å².